The molecule has 1 heterocycles. The van der Waals surface area contributed by atoms with Crippen molar-refractivity contribution in [2.45, 2.75) is 32.7 Å². The molecule has 0 saturated heterocycles. The van der Waals surface area contributed by atoms with Crippen molar-refractivity contribution in [1.29, 1.82) is 0 Å². The molecule has 0 fully saturated rings. The topological polar surface area (TPSA) is 62.2 Å². The standard InChI is InChI=1S/C14H18N2O2/c1-3-11(2)16-14(18)13-12(7-4-5-10-17)8-6-9-15-13/h6,8-9,11,17H,3,5,10H2,1-2H3,(H,16,18). The summed E-state index contributed by atoms with van der Waals surface area (Å²) in [6, 6.07) is 3.60. The van der Waals surface area contributed by atoms with Crippen molar-refractivity contribution < 1.29 is 9.90 Å². The number of aliphatic hydroxyl groups is 1. The molecule has 0 aliphatic rings. The van der Waals surface area contributed by atoms with Crippen molar-refractivity contribution in [3.8, 4) is 11.8 Å². The van der Waals surface area contributed by atoms with Gasteiger partial charge in [-0.25, -0.2) is 4.98 Å². The number of carbonyl (C=O) groups excluding carboxylic acids is 1. The smallest absolute Gasteiger partial charge is 0.271 e. The quantitative estimate of drug-likeness (QED) is 0.788. The zero-order valence-corrected chi connectivity index (χ0v) is 10.7. The third kappa shape index (κ3) is 4.19. The molecule has 4 nitrogen and oxygen atoms in total. The third-order valence-corrected chi connectivity index (χ3v) is 2.47. The normalized spacial score (nSPS) is 11.3. The number of aliphatic hydroxyl groups excluding tert-OH is 1. The van der Waals surface area contributed by atoms with Crippen LogP contribution >= 0.6 is 0 Å². The number of carbonyl (C=O) groups is 1. The Morgan fingerprint density at radius 2 is 2.39 bits per heavy atom. The van der Waals surface area contributed by atoms with E-state index in [-0.39, 0.29) is 18.6 Å². The molecule has 0 aliphatic heterocycles. The van der Waals surface area contributed by atoms with Crippen LogP contribution in [0.4, 0.5) is 0 Å². The number of hydrogen-bond donors (Lipinski definition) is 2. The molecule has 18 heavy (non-hydrogen) atoms. The Bertz CT molecular complexity index is 460. The average Bonchev–Trinajstić information content (AvgIpc) is 2.39. The Balaban J connectivity index is 2.88. The van der Waals surface area contributed by atoms with Crippen molar-refractivity contribution in [2.24, 2.45) is 0 Å². The number of pyridine rings is 1. The number of nitrogens with zero attached hydrogens (tertiary/aromatic N) is 1. The summed E-state index contributed by atoms with van der Waals surface area (Å²) >= 11 is 0. The van der Waals surface area contributed by atoms with Gasteiger partial charge in [0.05, 0.1) is 12.2 Å². The van der Waals surface area contributed by atoms with Gasteiger partial charge in [0, 0.05) is 18.7 Å². The van der Waals surface area contributed by atoms with Gasteiger partial charge in [0.1, 0.15) is 5.69 Å². The summed E-state index contributed by atoms with van der Waals surface area (Å²) in [4.78, 5) is 16.0. The van der Waals surface area contributed by atoms with Crippen LogP contribution in [0.2, 0.25) is 0 Å². The highest BCUT2D eigenvalue weighted by molar-refractivity contribution is 5.94. The zero-order chi connectivity index (χ0) is 13.4. The van der Waals surface area contributed by atoms with Crippen LogP contribution in [-0.2, 0) is 0 Å². The van der Waals surface area contributed by atoms with Gasteiger partial charge in [0.15, 0.2) is 0 Å². The molecule has 0 spiro atoms. The molecule has 1 atom stereocenters. The van der Waals surface area contributed by atoms with Crippen LogP contribution in [0.3, 0.4) is 0 Å². The van der Waals surface area contributed by atoms with Gasteiger partial charge in [-0.1, -0.05) is 18.8 Å². The SMILES string of the molecule is CCC(C)NC(=O)c1ncccc1C#CCCO. The van der Waals surface area contributed by atoms with Crippen molar-refractivity contribution in [3.63, 3.8) is 0 Å². The second-order valence-electron chi connectivity index (χ2n) is 3.96. The number of nitrogens with one attached hydrogen (secondary N) is 1. The lowest BCUT2D eigenvalue weighted by molar-refractivity contribution is 0.0934. The lowest BCUT2D eigenvalue weighted by Crippen LogP contribution is -2.33. The first-order valence-electron chi connectivity index (χ1n) is 6.04. The summed E-state index contributed by atoms with van der Waals surface area (Å²) < 4.78 is 0. The molecule has 2 N–H and O–H groups in total. The van der Waals surface area contributed by atoms with E-state index in [1.165, 1.54) is 0 Å². The number of hydrogen-bond acceptors (Lipinski definition) is 3. The van der Waals surface area contributed by atoms with Gasteiger partial charge in [-0.2, -0.15) is 0 Å². The van der Waals surface area contributed by atoms with Crippen LogP contribution in [0.5, 0.6) is 0 Å². The molecule has 0 radical (unpaired) electrons. The highest BCUT2D eigenvalue weighted by Gasteiger charge is 2.12. The van der Waals surface area contributed by atoms with E-state index in [1.54, 1.807) is 18.3 Å². The second kappa shape index (κ2) is 7.46. The fourth-order valence-electron chi connectivity index (χ4n) is 1.29. The monoisotopic (exact) mass is 246 g/mol. The van der Waals surface area contributed by atoms with Gasteiger partial charge in [-0.3, -0.25) is 4.79 Å². The molecule has 0 aliphatic carbocycles. The Hall–Kier alpha value is -1.86. The summed E-state index contributed by atoms with van der Waals surface area (Å²) in [7, 11) is 0. The largest absolute Gasteiger partial charge is 0.395 e. The molecule has 0 aromatic carbocycles. The Labute approximate surface area is 107 Å². The number of amides is 1. The Kier molecular flexibility index (Phi) is 5.89. The summed E-state index contributed by atoms with van der Waals surface area (Å²) in [5.74, 6) is 5.44. The predicted octanol–water partition coefficient (Wildman–Crippen LogP) is 1.34. The van der Waals surface area contributed by atoms with Crippen LogP contribution in [0.25, 0.3) is 0 Å². The van der Waals surface area contributed by atoms with Crippen molar-refractivity contribution in [1.82, 2.24) is 10.3 Å². The maximum absolute atomic E-state index is 12.0. The first-order valence-corrected chi connectivity index (χ1v) is 6.04. The third-order valence-electron chi connectivity index (χ3n) is 2.47. The number of aromatic nitrogens is 1. The average molecular weight is 246 g/mol. The maximum atomic E-state index is 12.0. The zero-order valence-electron chi connectivity index (χ0n) is 10.7. The van der Waals surface area contributed by atoms with Gasteiger partial charge >= 0.3 is 0 Å². The summed E-state index contributed by atoms with van der Waals surface area (Å²) in [5, 5.41) is 11.5. The first kappa shape index (κ1) is 14.2. The van der Waals surface area contributed by atoms with E-state index in [0.29, 0.717) is 17.7 Å². The molecule has 0 saturated carbocycles. The van der Waals surface area contributed by atoms with Gasteiger partial charge < -0.3 is 10.4 Å². The molecule has 1 rings (SSSR count). The fraction of sp³-hybridized carbons (Fsp3) is 0.429. The highest BCUT2D eigenvalue weighted by Crippen LogP contribution is 2.04. The molecule has 1 aromatic rings. The van der Waals surface area contributed by atoms with Crippen LogP contribution in [0.1, 0.15) is 42.7 Å². The van der Waals surface area contributed by atoms with Gasteiger partial charge in [0.25, 0.3) is 5.91 Å². The molecular formula is C14H18N2O2. The van der Waals surface area contributed by atoms with E-state index >= 15 is 0 Å². The predicted molar refractivity (Wildman–Crippen MR) is 70.0 cm³/mol. The van der Waals surface area contributed by atoms with Gasteiger partial charge in [0.2, 0.25) is 0 Å². The number of rotatable bonds is 4. The highest BCUT2D eigenvalue weighted by atomic mass is 16.2. The molecular weight excluding hydrogens is 228 g/mol. The van der Waals surface area contributed by atoms with E-state index in [2.05, 4.69) is 22.1 Å². The van der Waals surface area contributed by atoms with Crippen LogP contribution < -0.4 is 5.32 Å². The summed E-state index contributed by atoms with van der Waals surface area (Å²) in [6.45, 7) is 3.96. The Morgan fingerprint density at radius 1 is 1.61 bits per heavy atom. The molecule has 0 bridgehead atoms. The maximum Gasteiger partial charge on any atom is 0.271 e. The summed E-state index contributed by atoms with van der Waals surface area (Å²) in [6.07, 6.45) is 2.83. The van der Waals surface area contributed by atoms with E-state index in [0.717, 1.165) is 6.42 Å². The minimum absolute atomic E-state index is 0.0155. The van der Waals surface area contributed by atoms with E-state index in [4.69, 9.17) is 5.11 Å². The van der Waals surface area contributed by atoms with Gasteiger partial charge in [-0.15, -0.1) is 0 Å². The summed E-state index contributed by atoms with van der Waals surface area (Å²) in [5.41, 5.74) is 0.926. The van der Waals surface area contributed by atoms with Crippen LogP contribution in [0, 0.1) is 11.8 Å². The molecule has 96 valence electrons. The minimum Gasteiger partial charge on any atom is -0.395 e. The second-order valence-corrected chi connectivity index (χ2v) is 3.96. The molecule has 4 heteroatoms. The lowest BCUT2D eigenvalue weighted by atomic mass is 10.1. The van der Waals surface area contributed by atoms with Crippen molar-refractivity contribution in [2.75, 3.05) is 6.61 Å². The van der Waals surface area contributed by atoms with E-state index < -0.39 is 0 Å². The van der Waals surface area contributed by atoms with E-state index in [1.807, 2.05) is 13.8 Å². The first-order chi connectivity index (χ1) is 8.69. The van der Waals surface area contributed by atoms with Crippen molar-refractivity contribution in [3.05, 3.63) is 29.6 Å². The van der Waals surface area contributed by atoms with Crippen LogP contribution in [-0.4, -0.2) is 28.6 Å². The van der Waals surface area contributed by atoms with Crippen LogP contribution in [0.15, 0.2) is 18.3 Å². The van der Waals surface area contributed by atoms with E-state index in [9.17, 15) is 4.79 Å². The minimum atomic E-state index is -0.210. The Morgan fingerprint density at radius 3 is 3.06 bits per heavy atom. The molecule has 1 amide bonds. The van der Waals surface area contributed by atoms with Gasteiger partial charge in [-0.05, 0) is 25.5 Å². The molecule has 1 unspecified atom stereocenters. The lowest BCUT2D eigenvalue weighted by Gasteiger charge is -2.11. The van der Waals surface area contributed by atoms with Crippen molar-refractivity contribution >= 4 is 5.91 Å². The fourth-order valence-corrected chi connectivity index (χ4v) is 1.29. The molecule has 1 aromatic heterocycles.